The van der Waals surface area contributed by atoms with Crippen molar-refractivity contribution >= 4 is 6.21 Å². The topological polar surface area (TPSA) is 21.6 Å². The smallest absolute Gasteiger partial charge is 0.147 e. The lowest BCUT2D eigenvalue weighted by atomic mass is 10.2. The van der Waals surface area contributed by atoms with Crippen LogP contribution in [0.25, 0.3) is 0 Å². The second-order valence-corrected chi connectivity index (χ2v) is 3.76. The summed E-state index contributed by atoms with van der Waals surface area (Å²) in [6.07, 6.45) is 1.33. The molecular weight excluding hydrogens is 255 g/mol. The Morgan fingerprint density at radius 1 is 0.947 bits per heavy atom. The van der Waals surface area contributed by atoms with E-state index in [-0.39, 0.29) is 18.0 Å². The molecule has 2 rings (SSSR count). The number of hydrogen-bond acceptors (Lipinski definition) is 2. The van der Waals surface area contributed by atoms with Crippen LogP contribution in [-0.2, 0) is 11.4 Å². The van der Waals surface area contributed by atoms with Gasteiger partial charge in [0.25, 0.3) is 0 Å². The second-order valence-electron chi connectivity index (χ2n) is 3.76. The van der Waals surface area contributed by atoms with E-state index in [4.69, 9.17) is 4.84 Å². The molecule has 0 aromatic heterocycles. The molecule has 0 bridgehead atoms. The number of halogens is 3. The van der Waals surface area contributed by atoms with Crippen molar-refractivity contribution in [2.45, 2.75) is 6.61 Å². The van der Waals surface area contributed by atoms with Gasteiger partial charge in [-0.1, -0.05) is 23.4 Å². The lowest BCUT2D eigenvalue weighted by Gasteiger charge is -2.02. The van der Waals surface area contributed by atoms with Crippen LogP contribution >= 0.6 is 0 Å². The van der Waals surface area contributed by atoms with E-state index in [1.807, 2.05) is 0 Å². The Morgan fingerprint density at radius 2 is 1.58 bits per heavy atom. The summed E-state index contributed by atoms with van der Waals surface area (Å²) >= 11 is 0. The van der Waals surface area contributed by atoms with Gasteiger partial charge in [0.2, 0.25) is 0 Å². The van der Waals surface area contributed by atoms with Crippen molar-refractivity contribution in [3.05, 3.63) is 71.0 Å². The minimum absolute atomic E-state index is 0.182. The average molecular weight is 265 g/mol. The molecule has 0 aliphatic rings. The van der Waals surface area contributed by atoms with Gasteiger partial charge < -0.3 is 4.84 Å². The van der Waals surface area contributed by atoms with Crippen molar-refractivity contribution in [2.24, 2.45) is 5.16 Å². The van der Waals surface area contributed by atoms with Crippen molar-refractivity contribution in [2.75, 3.05) is 0 Å². The number of benzene rings is 2. The van der Waals surface area contributed by atoms with E-state index in [0.29, 0.717) is 5.56 Å². The quantitative estimate of drug-likeness (QED) is 0.610. The van der Waals surface area contributed by atoms with Crippen molar-refractivity contribution in [1.82, 2.24) is 0 Å². The van der Waals surface area contributed by atoms with Gasteiger partial charge in [0.1, 0.15) is 24.1 Å². The van der Waals surface area contributed by atoms with Gasteiger partial charge in [-0.05, 0) is 29.8 Å². The molecule has 98 valence electrons. The molecule has 5 heteroatoms. The molecule has 2 aromatic rings. The summed E-state index contributed by atoms with van der Waals surface area (Å²) in [5.74, 6) is -1.72. The summed E-state index contributed by atoms with van der Waals surface area (Å²) in [7, 11) is 0. The molecule has 0 atom stereocenters. The number of rotatable bonds is 4. The van der Waals surface area contributed by atoms with Crippen LogP contribution in [0.3, 0.4) is 0 Å². The Bertz CT molecular complexity index is 561. The lowest BCUT2D eigenvalue weighted by Crippen LogP contribution is -1.96. The van der Waals surface area contributed by atoms with Gasteiger partial charge in [0.05, 0.1) is 11.8 Å². The van der Waals surface area contributed by atoms with Gasteiger partial charge in [0, 0.05) is 0 Å². The molecule has 0 spiro atoms. The van der Waals surface area contributed by atoms with Crippen molar-refractivity contribution < 1.29 is 18.0 Å². The number of nitrogens with zero attached hydrogens (tertiary/aromatic N) is 1. The van der Waals surface area contributed by atoms with Gasteiger partial charge in [0.15, 0.2) is 0 Å². The largest absolute Gasteiger partial charge is 0.391 e. The molecule has 0 amide bonds. The molecule has 2 nitrogen and oxygen atoms in total. The summed E-state index contributed by atoms with van der Waals surface area (Å²) in [5.41, 5.74) is 0.439. The van der Waals surface area contributed by atoms with E-state index in [1.165, 1.54) is 36.5 Å². The fourth-order valence-electron chi connectivity index (χ4n) is 1.42. The summed E-state index contributed by atoms with van der Waals surface area (Å²) in [4.78, 5) is 4.81. The SMILES string of the molecule is Fc1ccc(C=NOCc2c(F)cccc2F)cc1. The van der Waals surface area contributed by atoms with Crippen LogP contribution in [0, 0.1) is 17.5 Å². The highest BCUT2D eigenvalue weighted by Crippen LogP contribution is 2.13. The van der Waals surface area contributed by atoms with Gasteiger partial charge in [-0.25, -0.2) is 13.2 Å². The predicted octanol–water partition coefficient (Wildman–Crippen LogP) is 3.65. The lowest BCUT2D eigenvalue weighted by molar-refractivity contribution is 0.126. The first-order valence-electron chi connectivity index (χ1n) is 5.50. The van der Waals surface area contributed by atoms with Crippen LogP contribution in [0.5, 0.6) is 0 Å². The molecule has 0 N–H and O–H groups in total. The van der Waals surface area contributed by atoms with Crippen molar-refractivity contribution in [3.8, 4) is 0 Å². The van der Waals surface area contributed by atoms with E-state index in [9.17, 15) is 13.2 Å². The van der Waals surface area contributed by atoms with Crippen molar-refractivity contribution in [1.29, 1.82) is 0 Å². The van der Waals surface area contributed by atoms with E-state index < -0.39 is 11.6 Å². The van der Waals surface area contributed by atoms with Crippen LogP contribution in [0.4, 0.5) is 13.2 Å². The first kappa shape index (κ1) is 13.1. The number of oxime groups is 1. The molecule has 0 fully saturated rings. The third-order valence-electron chi connectivity index (χ3n) is 2.42. The minimum Gasteiger partial charge on any atom is -0.391 e. The Hall–Kier alpha value is -2.30. The minimum atomic E-state index is -0.683. The second kappa shape index (κ2) is 6.04. The van der Waals surface area contributed by atoms with Gasteiger partial charge in [-0.2, -0.15) is 0 Å². The maximum Gasteiger partial charge on any atom is 0.147 e. The summed E-state index contributed by atoms with van der Waals surface area (Å²) < 4.78 is 39.1. The molecule has 19 heavy (non-hydrogen) atoms. The molecule has 0 aliphatic heterocycles. The molecule has 0 saturated heterocycles. The Kier molecular flexibility index (Phi) is 4.18. The third-order valence-corrected chi connectivity index (χ3v) is 2.42. The fraction of sp³-hybridized carbons (Fsp3) is 0.0714. The van der Waals surface area contributed by atoms with E-state index in [0.717, 1.165) is 12.1 Å². The average Bonchev–Trinajstić information content (AvgIpc) is 2.39. The molecule has 0 unspecified atom stereocenters. The van der Waals surface area contributed by atoms with Crippen LogP contribution in [0.2, 0.25) is 0 Å². The molecule has 0 saturated carbocycles. The first-order valence-corrected chi connectivity index (χ1v) is 5.50. The van der Waals surface area contributed by atoms with Crippen molar-refractivity contribution in [3.63, 3.8) is 0 Å². The van der Waals surface area contributed by atoms with Crippen LogP contribution in [0.15, 0.2) is 47.6 Å². The summed E-state index contributed by atoms with van der Waals surface area (Å²) in [5, 5.41) is 3.57. The zero-order valence-electron chi connectivity index (χ0n) is 9.82. The maximum atomic E-state index is 13.2. The molecule has 0 aliphatic carbocycles. The van der Waals surface area contributed by atoms with E-state index in [2.05, 4.69) is 5.16 Å². The Morgan fingerprint density at radius 3 is 2.21 bits per heavy atom. The van der Waals surface area contributed by atoms with Crippen LogP contribution in [0.1, 0.15) is 11.1 Å². The third kappa shape index (κ3) is 3.58. The summed E-state index contributed by atoms with van der Waals surface area (Å²) in [6.45, 7) is -0.309. The Balaban J connectivity index is 1.95. The standard InChI is InChI=1S/C14H10F3NO/c15-11-6-4-10(5-7-11)8-18-19-9-12-13(16)2-1-3-14(12)17/h1-8H,9H2. The fourth-order valence-corrected chi connectivity index (χ4v) is 1.42. The monoisotopic (exact) mass is 265 g/mol. The Labute approximate surface area is 108 Å². The molecule has 0 radical (unpaired) electrons. The number of hydrogen-bond donors (Lipinski definition) is 0. The van der Waals surface area contributed by atoms with Gasteiger partial charge in [-0.3, -0.25) is 0 Å². The normalized spacial score (nSPS) is 10.9. The highest BCUT2D eigenvalue weighted by Gasteiger charge is 2.07. The zero-order valence-corrected chi connectivity index (χ0v) is 9.82. The van der Waals surface area contributed by atoms with Crippen LogP contribution < -0.4 is 0 Å². The first-order chi connectivity index (χ1) is 9.16. The highest BCUT2D eigenvalue weighted by atomic mass is 19.1. The zero-order chi connectivity index (χ0) is 13.7. The molecule has 2 aromatic carbocycles. The molecule has 0 heterocycles. The highest BCUT2D eigenvalue weighted by molar-refractivity contribution is 5.78. The maximum absolute atomic E-state index is 13.2. The van der Waals surface area contributed by atoms with Gasteiger partial charge >= 0.3 is 0 Å². The molecular formula is C14H10F3NO. The predicted molar refractivity (Wildman–Crippen MR) is 65.1 cm³/mol. The van der Waals surface area contributed by atoms with E-state index in [1.54, 1.807) is 0 Å². The van der Waals surface area contributed by atoms with Crippen LogP contribution in [-0.4, -0.2) is 6.21 Å². The van der Waals surface area contributed by atoms with Gasteiger partial charge in [-0.15, -0.1) is 0 Å². The van der Waals surface area contributed by atoms with E-state index >= 15 is 0 Å². The summed E-state index contributed by atoms with van der Waals surface area (Å²) in [6, 6.07) is 9.13.